The smallest absolute Gasteiger partial charge is 0.274 e. The van der Waals surface area contributed by atoms with Crippen LogP contribution in [-0.4, -0.2) is 47.6 Å². The number of amides is 1. The molecule has 9 heteroatoms. The topological polar surface area (TPSA) is 118 Å². The van der Waals surface area contributed by atoms with Crippen molar-refractivity contribution in [1.82, 2.24) is 9.97 Å². The third kappa shape index (κ3) is 4.88. The van der Waals surface area contributed by atoms with E-state index in [1.165, 1.54) is 6.92 Å². The molecule has 1 aliphatic rings. The zero-order valence-electron chi connectivity index (χ0n) is 15.0. The maximum absolute atomic E-state index is 12.5. The summed E-state index contributed by atoms with van der Waals surface area (Å²) in [7, 11) is -3.03. The fourth-order valence-corrected chi connectivity index (χ4v) is 4.53. The van der Waals surface area contributed by atoms with Gasteiger partial charge in [-0.15, -0.1) is 0 Å². The summed E-state index contributed by atoms with van der Waals surface area (Å²) in [5, 5.41) is 5.70. The molecule has 1 unspecified atom stereocenters. The van der Waals surface area contributed by atoms with Gasteiger partial charge in [0.1, 0.15) is 5.69 Å². The number of carbonyl (C=O) groups excluding carboxylic acids is 2. The molecule has 2 N–H and O–H groups in total. The molecule has 1 amide bonds. The van der Waals surface area contributed by atoms with Crippen molar-refractivity contribution < 1.29 is 18.0 Å². The predicted octanol–water partition coefficient (Wildman–Crippen LogP) is 1.84. The highest BCUT2D eigenvalue weighted by Gasteiger charge is 2.28. The Labute approximate surface area is 157 Å². The Kier molecular flexibility index (Phi) is 5.22. The second-order valence-electron chi connectivity index (χ2n) is 6.55. The van der Waals surface area contributed by atoms with Crippen molar-refractivity contribution in [3.8, 4) is 0 Å². The maximum Gasteiger partial charge on any atom is 0.274 e. The van der Waals surface area contributed by atoms with Gasteiger partial charge in [-0.25, -0.2) is 18.4 Å². The minimum absolute atomic E-state index is 0.0314. The largest absolute Gasteiger partial charge is 0.350 e. The molecule has 0 bridgehead atoms. The van der Waals surface area contributed by atoms with E-state index in [1.807, 2.05) is 0 Å². The molecule has 3 rings (SSSR count). The number of rotatable bonds is 5. The highest BCUT2D eigenvalue weighted by atomic mass is 32.2. The van der Waals surface area contributed by atoms with E-state index in [1.54, 1.807) is 37.3 Å². The summed E-state index contributed by atoms with van der Waals surface area (Å²) >= 11 is 0. The molecule has 1 fully saturated rings. The monoisotopic (exact) mass is 388 g/mol. The van der Waals surface area contributed by atoms with Crippen LogP contribution in [-0.2, 0) is 9.84 Å². The average Bonchev–Trinajstić information content (AvgIpc) is 2.93. The van der Waals surface area contributed by atoms with Crippen molar-refractivity contribution in [2.75, 3.05) is 22.1 Å². The standard InChI is InChI=1S/C18H20N4O4S/c1-11-8-16(17(24)20-14-5-3-4-13(9-14)12(2)23)22-18(19-11)21-15-6-7-27(25,26)10-15/h3-5,8-9,15H,6-7,10H2,1-2H3,(H,20,24)(H,19,21,22). The number of anilines is 2. The fraction of sp³-hybridized carbons (Fsp3) is 0.333. The van der Waals surface area contributed by atoms with Crippen LogP contribution in [0.2, 0.25) is 0 Å². The SMILES string of the molecule is CC(=O)c1cccc(NC(=O)c2cc(C)nc(NC3CCS(=O)(=O)C3)n2)c1. The van der Waals surface area contributed by atoms with Crippen LogP contribution in [0.3, 0.4) is 0 Å². The van der Waals surface area contributed by atoms with Crippen LogP contribution in [0.5, 0.6) is 0 Å². The number of sulfone groups is 1. The van der Waals surface area contributed by atoms with Crippen LogP contribution in [0, 0.1) is 6.92 Å². The molecular weight excluding hydrogens is 368 g/mol. The Balaban J connectivity index is 1.76. The number of benzene rings is 1. The molecule has 8 nitrogen and oxygen atoms in total. The third-order valence-electron chi connectivity index (χ3n) is 4.18. The van der Waals surface area contributed by atoms with Crippen LogP contribution in [0.1, 0.15) is 39.9 Å². The second kappa shape index (κ2) is 7.43. The zero-order chi connectivity index (χ0) is 19.6. The van der Waals surface area contributed by atoms with Gasteiger partial charge < -0.3 is 10.6 Å². The third-order valence-corrected chi connectivity index (χ3v) is 5.95. The maximum atomic E-state index is 12.5. The highest BCUT2D eigenvalue weighted by Crippen LogP contribution is 2.17. The lowest BCUT2D eigenvalue weighted by Gasteiger charge is -2.12. The van der Waals surface area contributed by atoms with E-state index in [9.17, 15) is 18.0 Å². The number of nitrogens with zero attached hydrogens (tertiary/aromatic N) is 2. The second-order valence-corrected chi connectivity index (χ2v) is 8.78. The van der Waals surface area contributed by atoms with E-state index in [0.29, 0.717) is 23.4 Å². The summed E-state index contributed by atoms with van der Waals surface area (Å²) in [5.41, 5.74) is 1.71. The van der Waals surface area contributed by atoms with Crippen LogP contribution >= 0.6 is 0 Å². The first-order chi connectivity index (χ1) is 12.7. The Hall–Kier alpha value is -2.81. The molecular formula is C18H20N4O4S. The molecule has 1 aromatic carbocycles. The van der Waals surface area contributed by atoms with Gasteiger partial charge in [0.2, 0.25) is 5.95 Å². The Bertz CT molecular complexity index is 1000. The first kappa shape index (κ1) is 19.0. The van der Waals surface area contributed by atoms with Crippen LogP contribution < -0.4 is 10.6 Å². The summed E-state index contributed by atoms with van der Waals surface area (Å²) in [5.74, 6) is -0.148. The van der Waals surface area contributed by atoms with Gasteiger partial charge in [0, 0.05) is 23.0 Å². The fourth-order valence-electron chi connectivity index (χ4n) is 2.85. The predicted molar refractivity (Wildman–Crippen MR) is 102 cm³/mol. The number of Topliss-reactive ketones (excluding diaryl/α,β-unsaturated/α-hetero) is 1. The van der Waals surface area contributed by atoms with E-state index in [-0.39, 0.29) is 35.0 Å². The van der Waals surface area contributed by atoms with Gasteiger partial charge in [-0.3, -0.25) is 9.59 Å². The van der Waals surface area contributed by atoms with Crippen molar-refractivity contribution in [2.24, 2.45) is 0 Å². The van der Waals surface area contributed by atoms with Gasteiger partial charge in [-0.05, 0) is 38.5 Å². The number of nitrogens with one attached hydrogen (secondary N) is 2. The summed E-state index contributed by atoms with van der Waals surface area (Å²) in [6.45, 7) is 3.18. The van der Waals surface area contributed by atoms with Gasteiger partial charge in [-0.1, -0.05) is 12.1 Å². The molecule has 0 aliphatic carbocycles. The first-order valence-corrected chi connectivity index (χ1v) is 10.3. The van der Waals surface area contributed by atoms with E-state index in [0.717, 1.165) is 0 Å². The van der Waals surface area contributed by atoms with Gasteiger partial charge in [0.25, 0.3) is 5.91 Å². The number of carbonyl (C=O) groups is 2. The molecule has 0 spiro atoms. The molecule has 1 atom stereocenters. The Morgan fingerprint density at radius 2 is 1.96 bits per heavy atom. The molecule has 1 aromatic heterocycles. The minimum atomic E-state index is -3.03. The molecule has 142 valence electrons. The van der Waals surface area contributed by atoms with Gasteiger partial charge in [0.15, 0.2) is 15.6 Å². The van der Waals surface area contributed by atoms with Gasteiger partial charge >= 0.3 is 0 Å². The molecule has 2 heterocycles. The lowest BCUT2D eigenvalue weighted by Crippen LogP contribution is -2.23. The van der Waals surface area contributed by atoms with E-state index in [4.69, 9.17) is 0 Å². The number of aryl methyl sites for hydroxylation is 1. The first-order valence-electron chi connectivity index (χ1n) is 8.47. The summed E-state index contributed by atoms with van der Waals surface area (Å²) in [6, 6.07) is 7.91. The van der Waals surface area contributed by atoms with Crippen LogP contribution in [0.15, 0.2) is 30.3 Å². The Morgan fingerprint density at radius 3 is 2.63 bits per heavy atom. The van der Waals surface area contributed by atoms with Crippen molar-refractivity contribution in [3.63, 3.8) is 0 Å². The average molecular weight is 388 g/mol. The quantitative estimate of drug-likeness (QED) is 0.750. The number of hydrogen-bond donors (Lipinski definition) is 2. The summed E-state index contributed by atoms with van der Waals surface area (Å²) in [6.07, 6.45) is 0.485. The number of aromatic nitrogens is 2. The molecule has 0 saturated carbocycles. The number of hydrogen-bond acceptors (Lipinski definition) is 7. The molecule has 2 aromatic rings. The molecule has 0 radical (unpaired) electrons. The lowest BCUT2D eigenvalue weighted by molar-refractivity contribution is 0.100. The lowest BCUT2D eigenvalue weighted by atomic mass is 10.1. The summed E-state index contributed by atoms with van der Waals surface area (Å²) < 4.78 is 23.2. The van der Waals surface area contributed by atoms with Crippen molar-refractivity contribution in [3.05, 3.63) is 47.3 Å². The van der Waals surface area contributed by atoms with E-state index < -0.39 is 15.7 Å². The molecule has 1 saturated heterocycles. The van der Waals surface area contributed by atoms with Crippen molar-refractivity contribution in [2.45, 2.75) is 26.3 Å². The zero-order valence-corrected chi connectivity index (χ0v) is 15.8. The normalized spacial score (nSPS) is 18.1. The minimum Gasteiger partial charge on any atom is -0.350 e. The van der Waals surface area contributed by atoms with E-state index >= 15 is 0 Å². The van der Waals surface area contributed by atoms with Crippen molar-refractivity contribution >= 4 is 33.2 Å². The molecule has 1 aliphatic heterocycles. The van der Waals surface area contributed by atoms with Crippen molar-refractivity contribution in [1.29, 1.82) is 0 Å². The Morgan fingerprint density at radius 1 is 1.19 bits per heavy atom. The van der Waals surface area contributed by atoms with E-state index in [2.05, 4.69) is 20.6 Å². The van der Waals surface area contributed by atoms with Crippen LogP contribution in [0.4, 0.5) is 11.6 Å². The van der Waals surface area contributed by atoms with Gasteiger partial charge in [-0.2, -0.15) is 0 Å². The van der Waals surface area contributed by atoms with Gasteiger partial charge in [0.05, 0.1) is 11.5 Å². The summed E-state index contributed by atoms with van der Waals surface area (Å²) in [4.78, 5) is 32.4. The highest BCUT2D eigenvalue weighted by molar-refractivity contribution is 7.91. The molecule has 27 heavy (non-hydrogen) atoms. The van der Waals surface area contributed by atoms with Crippen LogP contribution in [0.25, 0.3) is 0 Å². The number of ketones is 1.